The van der Waals surface area contributed by atoms with Crippen LogP contribution in [0.25, 0.3) is 0 Å². The summed E-state index contributed by atoms with van der Waals surface area (Å²) in [7, 11) is 0. The molecule has 1 atom stereocenters. The Balaban J connectivity index is 1.16. The lowest BCUT2D eigenvalue weighted by molar-refractivity contribution is 0.0373. The van der Waals surface area contributed by atoms with E-state index < -0.39 is 0 Å². The van der Waals surface area contributed by atoms with Crippen LogP contribution < -0.4 is 5.32 Å². The standard InChI is InChI=1S/C24H36N2O2/c27-24(26-16-13-22(14-17-26)23-7-4-18-28-23)25-15-12-19-8-10-21(11-9-19)20-5-2-1-3-6-20/h8-11,20,22-23H,1-7,12-18H2,(H,25,27). The normalized spacial score (nSPS) is 24.4. The Bertz CT molecular complexity index is 610. The Morgan fingerprint density at radius 3 is 2.39 bits per heavy atom. The van der Waals surface area contributed by atoms with E-state index in [1.165, 1.54) is 56.1 Å². The van der Waals surface area contributed by atoms with Crippen LogP contribution in [-0.4, -0.2) is 43.3 Å². The van der Waals surface area contributed by atoms with Gasteiger partial charge in [-0.15, -0.1) is 0 Å². The van der Waals surface area contributed by atoms with Crippen LogP contribution in [-0.2, 0) is 11.2 Å². The fourth-order valence-corrected chi connectivity index (χ4v) is 5.27. The number of carbonyl (C=O) groups is 1. The molecule has 2 amide bonds. The van der Waals surface area contributed by atoms with Gasteiger partial charge in [-0.1, -0.05) is 43.5 Å². The number of benzene rings is 1. The van der Waals surface area contributed by atoms with Crippen molar-refractivity contribution in [1.82, 2.24) is 10.2 Å². The molecule has 2 saturated heterocycles. The van der Waals surface area contributed by atoms with Gasteiger partial charge in [0.15, 0.2) is 0 Å². The highest BCUT2D eigenvalue weighted by atomic mass is 16.5. The fourth-order valence-electron chi connectivity index (χ4n) is 5.27. The first-order valence-corrected chi connectivity index (χ1v) is 11.5. The lowest BCUT2D eigenvalue weighted by Crippen LogP contribution is -2.46. The number of amides is 2. The number of piperidine rings is 1. The van der Waals surface area contributed by atoms with Crippen LogP contribution in [0.1, 0.15) is 74.8 Å². The smallest absolute Gasteiger partial charge is 0.317 e. The second-order valence-electron chi connectivity index (χ2n) is 8.93. The molecule has 2 aliphatic heterocycles. The van der Waals surface area contributed by atoms with Crippen LogP contribution in [0, 0.1) is 5.92 Å². The summed E-state index contributed by atoms with van der Waals surface area (Å²) in [4.78, 5) is 14.4. The van der Waals surface area contributed by atoms with Gasteiger partial charge in [0.1, 0.15) is 0 Å². The molecule has 2 heterocycles. The molecule has 1 aliphatic carbocycles. The second-order valence-corrected chi connectivity index (χ2v) is 8.93. The number of nitrogens with zero attached hydrogens (tertiary/aromatic N) is 1. The van der Waals surface area contributed by atoms with E-state index in [0.29, 0.717) is 18.6 Å². The molecule has 0 bridgehead atoms. The molecule has 0 spiro atoms. The maximum Gasteiger partial charge on any atom is 0.317 e. The molecular formula is C24H36N2O2. The van der Waals surface area contributed by atoms with Crippen molar-refractivity contribution in [3.05, 3.63) is 35.4 Å². The van der Waals surface area contributed by atoms with Gasteiger partial charge in [-0.25, -0.2) is 4.79 Å². The molecule has 28 heavy (non-hydrogen) atoms. The highest BCUT2D eigenvalue weighted by molar-refractivity contribution is 5.74. The van der Waals surface area contributed by atoms with Crippen molar-refractivity contribution in [2.45, 2.75) is 76.2 Å². The molecule has 3 aliphatic rings. The van der Waals surface area contributed by atoms with Gasteiger partial charge in [-0.05, 0) is 67.9 Å². The zero-order valence-corrected chi connectivity index (χ0v) is 17.2. The van der Waals surface area contributed by atoms with Crippen LogP contribution in [0.2, 0.25) is 0 Å². The minimum Gasteiger partial charge on any atom is -0.378 e. The van der Waals surface area contributed by atoms with Gasteiger partial charge in [-0.2, -0.15) is 0 Å². The highest BCUT2D eigenvalue weighted by Gasteiger charge is 2.30. The number of carbonyl (C=O) groups excluding carboxylic acids is 1. The van der Waals surface area contributed by atoms with Gasteiger partial charge in [0.25, 0.3) is 0 Å². The molecule has 1 saturated carbocycles. The Labute approximate surface area is 170 Å². The van der Waals surface area contributed by atoms with Crippen molar-refractivity contribution < 1.29 is 9.53 Å². The van der Waals surface area contributed by atoms with E-state index in [-0.39, 0.29) is 6.03 Å². The summed E-state index contributed by atoms with van der Waals surface area (Å²) >= 11 is 0. The van der Waals surface area contributed by atoms with Gasteiger partial charge in [0, 0.05) is 26.2 Å². The third-order valence-corrected chi connectivity index (χ3v) is 7.06. The molecule has 4 rings (SSSR count). The van der Waals surface area contributed by atoms with Crippen LogP contribution in [0.4, 0.5) is 4.79 Å². The molecular weight excluding hydrogens is 348 g/mol. The van der Waals surface area contributed by atoms with Crippen molar-refractivity contribution in [3.63, 3.8) is 0 Å². The molecule has 4 heteroatoms. The van der Waals surface area contributed by atoms with E-state index in [0.717, 1.165) is 44.9 Å². The van der Waals surface area contributed by atoms with E-state index in [4.69, 9.17) is 4.74 Å². The quantitative estimate of drug-likeness (QED) is 0.786. The largest absolute Gasteiger partial charge is 0.378 e. The zero-order chi connectivity index (χ0) is 19.2. The zero-order valence-electron chi connectivity index (χ0n) is 17.2. The Hall–Kier alpha value is -1.55. The molecule has 0 aromatic heterocycles. The first-order chi connectivity index (χ1) is 13.8. The van der Waals surface area contributed by atoms with Gasteiger partial charge in [0.05, 0.1) is 6.10 Å². The summed E-state index contributed by atoms with van der Waals surface area (Å²) in [6.07, 6.45) is 12.8. The summed E-state index contributed by atoms with van der Waals surface area (Å²) < 4.78 is 5.83. The number of likely N-dealkylation sites (tertiary alicyclic amines) is 1. The Kier molecular flexibility index (Phi) is 6.90. The lowest BCUT2D eigenvalue weighted by Gasteiger charge is -2.34. The molecule has 3 fully saturated rings. The molecule has 154 valence electrons. The number of rotatable bonds is 5. The third kappa shape index (κ3) is 5.08. The molecule has 1 aromatic carbocycles. The predicted octanol–water partition coefficient (Wildman–Crippen LogP) is 4.88. The molecule has 1 N–H and O–H groups in total. The summed E-state index contributed by atoms with van der Waals surface area (Å²) in [5.41, 5.74) is 2.82. The van der Waals surface area contributed by atoms with E-state index in [1.807, 2.05) is 4.90 Å². The average Bonchev–Trinajstić information content (AvgIpc) is 3.30. The lowest BCUT2D eigenvalue weighted by atomic mass is 9.84. The highest BCUT2D eigenvalue weighted by Crippen LogP contribution is 2.32. The minimum absolute atomic E-state index is 0.101. The maximum absolute atomic E-state index is 12.5. The van der Waals surface area contributed by atoms with Gasteiger partial charge in [-0.3, -0.25) is 0 Å². The first kappa shape index (κ1) is 19.8. The van der Waals surface area contributed by atoms with E-state index in [2.05, 4.69) is 29.6 Å². The van der Waals surface area contributed by atoms with Gasteiger partial charge < -0.3 is 15.0 Å². The summed E-state index contributed by atoms with van der Waals surface area (Å²) in [6, 6.07) is 9.22. The van der Waals surface area contributed by atoms with Crippen molar-refractivity contribution in [3.8, 4) is 0 Å². The van der Waals surface area contributed by atoms with E-state index in [1.54, 1.807) is 0 Å². The number of hydrogen-bond acceptors (Lipinski definition) is 2. The summed E-state index contributed by atoms with van der Waals surface area (Å²) in [6.45, 7) is 3.37. The topological polar surface area (TPSA) is 41.6 Å². The Morgan fingerprint density at radius 1 is 0.964 bits per heavy atom. The van der Waals surface area contributed by atoms with Crippen molar-refractivity contribution in [2.24, 2.45) is 5.92 Å². The summed E-state index contributed by atoms with van der Waals surface area (Å²) in [5.74, 6) is 1.41. The Morgan fingerprint density at radius 2 is 1.71 bits per heavy atom. The van der Waals surface area contributed by atoms with Crippen LogP contribution in [0.5, 0.6) is 0 Å². The van der Waals surface area contributed by atoms with Crippen LogP contribution >= 0.6 is 0 Å². The van der Waals surface area contributed by atoms with Crippen molar-refractivity contribution in [2.75, 3.05) is 26.2 Å². The van der Waals surface area contributed by atoms with E-state index in [9.17, 15) is 4.79 Å². The predicted molar refractivity (Wildman–Crippen MR) is 113 cm³/mol. The van der Waals surface area contributed by atoms with Crippen LogP contribution in [0.15, 0.2) is 24.3 Å². The molecule has 4 nitrogen and oxygen atoms in total. The number of nitrogens with one attached hydrogen (secondary N) is 1. The second kappa shape index (κ2) is 9.78. The minimum atomic E-state index is 0.101. The fraction of sp³-hybridized carbons (Fsp3) is 0.708. The first-order valence-electron chi connectivity index (χ1n) is 11.5. The number of ether oxygens (including phenoxy) is 1. The van der Waals surface area contributed by atoms with Crippen molar-refractivity contribution >= 4 is 6.03 Å². The SMILES string of the molecule is O=C(NCCc1ccc(C2CCCCC2)cc1)N1CCC(C2CCCO2)CC1. The third-order valence-electron chi connectivity index (χ3n) is 7.06. The van der Waals surface area contributed by atoms with Crippen LogP contribution in [0.3, 0.4) is 0 Å². The monoisotopic (exact) mass is 384 g/mol. The summed E-state index contributed by atoms with van der Waals surface area (Å²) in [5, 5.41) is 3.12. The number of hydrogen-bond donors (Lipinski definition) is 1. The average molecular weight is 385 g/mol. The van der Waals surface area contributed by atoms with Crippen molar-refractivity contribution in [1.29, 1.82) is 0 Å². The molecule has 0 radical (unpaired) electrons. The maximum atomic E-state index is 12.5. The number of urea groups is 1. The van der Waals surface area contributed by atoms with E-state index >= 15 is 0 Å². The molecule has 1 unspecified atom stereocenters. The molecule has 1 aromatic rings. The van der Waals surface area contributed by atoms with Gasteiger partial charge in [0.2, 0.25) is 0 Å². The van der Waals surface area contributed by atoms with Gasteiger partial charge >= 0.3 is 6.03 Å².